The van der Waals surface area contributed by atoms with Crippen molar-refractivity contribution in [3.63, 3.8) is 0 Å². The first-order valence-corrected chi connectivity index (χ1v) is 10.7. The molecule has 1 fully saturated rings. The van der Waals surface area contributed by atoms with E-state index >= 15 is 0 Å². The molecule has 0 bridgehead atoms. The van der Waals surface area contributed by atoms with E-state index in [0.29, 0.717) is 11.8 Å². The van der Waals surface area contributed by atoms with Gasteiger partial charge >= 0.3 is 0 Å². The van der Waals surface area contributed by atoms with Crippen molar-refractivity contribution in [2.75, 3.05) is 34.4 Å². The van der Waals surface area contributed by atoms with Crippen LogP contribution in [0.1, 0.15) is 60.8 Å². The number of nitrogens with zero attached hydrogens (tertiary/aromatic N) is 1. The average Bonchev–Trinajstić information content (AvgIpc) is 3.55. The van der Waals surface area contributed by atoms with E-state index < -0.39 is 0 Å². The first-order valence-electron chi connectivity index (χ1n) is 10.7. The largest absolute Gasteiger partial charge is 0.496 e. The molecule has 0 atom stereocenters. The van der Waals surface area contributed by atoms with Gasteiger partial charge in [-0.25, -0.2) is 0 Å². The van der Waals surface area contributed by atoms with Crippen molar-refractivity contribution in [2.24, 2.45) is 0 Å². The maximum atomic E-state index is 5.68. The van der Waals surface area contributed by atoms with Gasteiger partial charge in [0.15, 0.2) is 0 Å². The zero-order chi connectivity index (χ0) is 20.8. The van der Waals surface area contributed by atoms with Crippen molar-refractivity contribution in [1.29, 1.82) is 0 Å². The van der Waals surface area contributed by atoms with E-state index in [-0.39, 0.29) is 0 Å². The summed E-state index contributed by atoms with van der Waals surface area (Å²) in [7, 11) is 5.68. The number of likely N-dealkylation sites (N-methyl/N-ethyl adjacent to an activating group) is 1. The van der Waals surface area contributed by atoms with Gasteiger partial charge in [0.2, 0.25) is 0 Å². The highest BCUT2D eigenvalue weighted by Crippen LogP contribution is 2.49. The van der Waals surface area contributed by atoms with Crippen molar-refractivity contribution in [2.45, 2.75) is 51.6 Å². The van der Waals surface area contributed by atoms with E-state index in [1.807, 2.05) is 0 Å². The van der Waals surface area contributed by atoms with E-state index in [4.69, 9.17) is 9.47 Å². The van der Waals surface area contributed by atoms with Crippen LogP contribution in [-0.2, 0) is 13.1 Å². The van der Waals surface area contributed by atoms with Crippen molar-refractivity contribution >= 4 is 0 Å². The SMILES string of the molecule is COc1cc(CN(C)CCNCc2ccccc2C(C)C)cc(OC)c1C1CC1. The highest BCUT2D eigenvalue weighted by molar-refractivity contribution is 5.51. The molecule has 0 heterocycles. The Kier molecular flexibility index (Phi) is 7.57. The summed E-state index contributed by atoms with van der Waals surface area (Å²) in [6.45, 7) is 8.24. The summed E-state index contributed by atoms with van der Waals surface area (Å²) in [5.41, 5.74) is 5.31. The fraction of sp³-hybridized carbons (Fsp3) is 0.520. The molecule has 29 heavy (non-hydrogen) atoms. The van der Waals surface area contributed by atoms with Crippen molar-refractivity contribution in [3.05, 3.63) is 58.7 Å². The van der Waals surface area contributed by atoms with Gasteiger partial charge in [0.1, 0.15) is 11.5 Å². The number of ether oxygens (including phenoxy) is 2. The first-order chi connectivity index (χ1) is 14.0. The molecule has 0 unspecified atom stereocenters. The summed E-state index contributed by atoms with van der Waals surface area (Å²) in [5.74, 6) is 3.10. The molecule has 0 spiro atoms. The summed E-state index contributed by atoms with van der Waals surface area (Å²) < 4.78 is 11.4. The monoisotopic (exact) mass is 396 g/mol. The van der Waals surface area contributed by atoms with Crippen LogP contribution in [0.15, 0.2) is 36.4 Å². The maximum absolute atomic E-state index is 5.68. The minimum absolute atomic E-state index is 0.555. The van der Waals surface area contributed by atoms with Crippen LogP contribution in [0.3, 0.4) is 0 Å². The van der Waals surface area contributed by atoms with Gasteiger partial charge in [-0.3, -0.25) is 0 Å². The Morgan fingerprint density at radius 1 is 1.07 bits per heavy atom. The van der Waals surface area contributed by atoms with E-state index in [2.05, 4.69) is 67.5 Å². The molecule has 1 aliphatic rings. The summed E-state index contributed by atoms with van der Waals surface area (Å²) in [5, 5.41) is 3.60. The van der Waals surface area contributed by atoms with Crippen LogP contribution < -0.4 is 14.8 Å². The van der Waals surface area contributed by atoms with Gasteiger partial charge in [-0.1, -0.05) is 38.1 Å². The van der Waals surface area contributed by atoms with Crippen LogP contribution in [-0.4, -0.2) is 39.3 Å². The van der Waals surface area contributed by atoms with Gasteiger partial charge in [0.05, 0.1) is 14.2 Å². The molecule has 3 rings (SSSR count). The first kappa shape index (κ1) is 21.7. The van der Waals surface area contributed by atoms with E-state index in [0.717, 1.165) is 37.7 Å². The second kappa shape index (κ2) is 10.1. The number of benzene rings is 2. The van der Waals surface area contributed by atoms with Crippen LogP contribution in [0, 0.1) is 0 Å². The highest BCUT2D eigenvalue weighted by Gasteiger charge is 2.30. The second-order valence-electron chi connectivity index (χ2n) is 8.46. The zero-order valence-electron chi connectivity index (χ0n) is 18.6. The van der Waals surface area contributed by atoms with E-state index in [1.54, 1.807) is 14.2 Å². The van der Waals surface area contributed by atoms with Crippen molar-refractivity contribution < 1.29 is 9.47 Å². The third-order valence-electron chi connectivity index (χ3n) is 5.70. The van der Waals surface area contributed by atoms with Crippen LogP contribution >= 0.6 is 0 Å². The Labute approximate surface area is 176 Å². The summed E-state index contributed by atoms with van der Waals surface area (Å²) in [6, 6.07) is 13.1. The second-order valence-corrected chi connectivity index (χ2v) is 8.46. The molecular weight excluding hydrogens is 360 g/mol. The Bertz CT molecular complexity index is 774. The molecule has 1 aliphatic carbocycles. The topological polar surface area (TPSA) is 33.7 Å². The van der Waals surface area contributed by atoms with Gasteiger partial charge in [-0.05, 0) is 60.5 Å². The summed E-state index contributed by atoms with van der Waals surface area (Å²) in [6.07, 6.45) is 2.47. The lowest BCUT2D eigenvalue weighted by molar-refractivity contribution is 0.321. The van der Waals surface area contributed by atoms with Crippen LogP contribution in [0.2, 0.25) is 0 Å². The fourth-order valence-corrected chi connectivity index (χ4v) is 4.00. The quantitative estimate of drug-likeness (QED) is 0.546. The molecule has 1 N–H and O–H groups in total. The Morgan fingerprint density at radius 3 is 2.31 bits per heavy atom. The minimum Gasteiger partial charge on any atom is -0.496 e. The Hall–Kier alpha value is -2.04. The molecule has 2 aromatic carbocycles. The lowest BCUT2D eigenvalue weighted by atomic mass is 9.97. The molecule has 0 aromatic heterocycles. The zero-order valence-corrected chi connectivity index (χ0v) is 18.6. The third kappa shape index (κ3) is 5.74. The number of hydrogen-bond donors (Lipinski definition) is 1. The van der Waals surface area contributed by atoms with Gasteiger partial charge in [-0.15, -0.1) is 0 Å². The molecule has 1 saturated carbocycles. The van der Waals surface area contributed by atoms with Crippen molar-refractivity contribution in [3.8, 4) is 11.5 Å². The lowest BCUT2D eigenvalue weighted by Gasteiger charge is -2.20. The molecule has 4 heteroatoms. The summed E-state index contributed by atoms with van der Waals surface area (Å²) in [4.78, 5) is 2.34. The molecular formula is C25H36N2O2. The number of hydrogen-bond acceptors (Lipinski definition) is 4. The minimum atomic E-state index is 0.555. The number of methoxy groups -OCH3 is 2. The van der Waals surface area contributed by atoms with Crippen molar-refractivity contribution in [1.82, 2.24) is 10.2 Å². The number of nitrogens with one attached hydrogen (secondary N) is 1. The van der Waals surface area contributed by atoms with Crippen LogP contribution in [0.5, 0.6) is 11.5 Å². The third-order valence-corrected chi connectivity index (χ3v) is 5.70. The molecule has 4 nitrogen and oxygen atoms in total. The molecule has 2 aromatic rings. The highest BCUT2D eigenvalue weighted by atomic mass is 16.5. The standard InChI is InChI=1S/C25H36N2O2/c1-18(2)22-9-7-6-8-21(22)16-26-12-13-27(3)17-19-14-23(28-4)25(20-10-11-20)24(15-19)29-5/h6-9,14-15,18,20,26H,10-13,16-17H2,1-5H3. The van der Waals surface area contributed by atoms with E-state index in [1.165, 1.54) is 35.1 Å². The lowest BCUT2D eigenvalue weighted by Crippen LogP contribution is -2.29. The van der Waals surface area contributed by atoms with Gasteiger partial charge in [-0.2, -0.15) is 0 Å². The van der Waals surface area contributed by atoms with E-state index in [9.17, 15) is 0 Å². The molecule has 0 amide bonds. The van der Waals surface area contributed by atoms with Crippen LogP contribution in [0.25, 0.3) is 0 Å². The van der Waals surface area contributed by atoms with Gasteiger partial charge in [0.25, 0.3) is 0 Å². The van der Waals surface area contributed by atoms with Gasteiger partial charge < -0.3 is 19.7 Å². The average molecular weight is 397 g/mol. The number of rotatable bonds is 11. The van der Waals surface area contributed by atoms with Crippen LogP contribution in [0.4, 0.5) is 0 Å². The molecule has 0 radical (unpaired) electrons. The molecule has 158 valence electrons. The maximum Gasteiger partial charge on any atom is 0.126 e. The smallest absolute Gasteiger partial charge is 0.126 e. The molecule has 0 saturated heterocycles. The van der Waals surface area contributed by atoms with Gasteiger partial charge in [0, 0.05) is 31.7 Å². The summed E-state index contributed by atoms with van der Waals surface area (Å²) >= 11 is 0. The predicted octanol–water partition coefficient (Wildman–Crippen LogP) is 4.93. The fourth-order valence-electron chi connectivity index (χ4n) is 4.00. The predicted molar refractivity (Wildman–Crippen MR) is 120 cm³/mol. The Balaban J connectivity index is 1.53. The molecule has 0 aliphatic heterocycles. The normalized spacial score (nSPS) is 13.9. The Morgan fingerprint density at radius 2 is 1.72 bits per heavy atom.